The van der Waals surface area contributed by atoms with Gasteiger partial charge in [0.15, 0.2) is 0 Å². The number of amides is 1. The summed E-state index contributed by atoms with van der Waals surface area (Å²) in [6, 6.07) is 10.7. The second kappa shape index (κ2) is 7.54. The van der Waals surface area contributed by atoms with Crippen LogP contribution in [0.15, 0.2) is 30.3 Å². The number of nitrogens with zero attached hydrogens (tertiary/aromatic N) is 1. The molecule has 1 aromatic carbocycles. The summed E-state index contributed by atoms with van der Waals surface area (Å²) in [5.74, 6) is 1.00. The Bertz CT molecular complexity index is 393. The van der Waals surface area contributed by atoms with Gasteiger partial charge in [-0.15, -0.1) is 11.6 Å². The minimum absolute atomic E-state index is 0.306. The lowest BCUT2D eigenvalue weighted by Gasteiger charge is -2.24. The molecule has 1 saturated heterocycles. The molecule has 0 saturated carbocycles. The van der Waals surface area contributed by atoms with Gasteiger partial charge in [0.1, 0.15) is 0 Å². The molecule has 0 bridgehead atoms. The molecule has 2 nitrogen and oxygen atoms in total. The van der Waals surface area contributed by atoms with E-state index in [4.69, 9.17) is 11.6 Å². The third-order valence-corrected chi connectivity index (χ3v) is 4.11. The zero-order chi connectivity index (χ0) is 13.5. The van der Waals surface area contributed by atoms with Crippen molar-refractivity contribution < 1.29 is 4.79 Å². The number of rotatable bonds is 6. The van der Waals surface area contributed by atoms with Crippen molar-refractivity contribution in [2.24, 2.45) is 0 Å². The number of hydrogen-bond donors (Lipinski definition) is 0. The Balaban J connectivity index is 1.82. The predicted octanol–water partition coefficient (Wildman–Crippen LogP) is 3.63. The minimum atomic E-state index is 0.306. The van der Waals surface area contributed by atoms with E-state index in [2.05, 4.69) is 17.0 Å². The van der Waals surface area contributed by atoms with Crippen LogP contribution in [0, 0.1) is 0 Å². The van der Waals surface area contributed by atoms with E-state index in [-0.39, 0.29) is 0 Å². The Morgan fingerprint density at radius 1 is 1.32 bits per heavy atom. The first-order chi connectivity index (χ1) is 9.31. The number of carbonyl (C=O) groups is 1. The third-order valence-electron chi connectivity index (χ3n) is 3.84. The van der Waals surface area contributed by atoms with Gasteiger partial charge in [0.25, 0.3) is 0 Å². The average Bonchev–Trinajstić information content (AvgIpc) is 2.92. The highest BCUT2D eigenvalue weighted by atomic mass is 35.5. The molecule has 0 aromatic heterocycles. The number of alkyl halides is 1. The first kappa shape index (κ1) is 14.4. The van der Waals surface area contributed by atoms with Gasteiger partial charge >= 0.3 is 0 Å². The van der Waals surface area contributed by atoms with Gasteiger partial charge in [-0.25, -0.2) is 0 Å². The second-order valence-electron chi connectivity index (χ2n) is 5.20. The molecule has 3 heteroatoms. The predicted molar refractivity (Wildman–Crippen MR) is 79.5 cm³/mol. The van der Waals surface area contributed by atoms with Crippen LogP contribution in [-0.4, -0.2) is 29.3 Å². The second-order valence-corrected chi connectivity index (χ2v) is 5.58. The molecule has 104 valence electrons. The molecule has 1 amide bonds. The lowest BCUT2D eigenvalue weighted by atomic mass is 10.1. The van der Waals surface area contributed by atoms with Gasteiger partial charge in [-0.3, -0.25) is 4.79 Å². The molecule has 1 aromatic rings. The first-order valence-electron chi connectivity index (χ1n) is 7.20. The topological polar surface area (TPSA) is 20.3 Å². The maximum atomic E-state index is 12.3. The van der Waals surface area contributed by atoms with Crippen LogP contribution >= 0.6 is 11.6 Å². The Hall–Kier alpha value is -1.02. The van der Waals surface area contributed by atoms with E-state index in [0.29, 0.717) is 24.2 Å². The standard InChI is InChI=1S/C16H22ClNO/c17-12-4-8-15-9-5-13-18(15)16(19)11-10-14-6-2-1-3-7-14/h1-3,6-7,15H,4-5,8-13H2. The highest BCUT2D eigenvalue weighted by Gasteiger charge is 2.27. The van der Waals surface area contributed by atoms with Crippen LogP contribution in [0.25, 0.3) is 0 Å². The molecular formula is C16H22ClNO. The Morgan fingerprint density at radius 2 is 2.11 bits per heavy atom. The molecule has 1 atom stereocenters. The monoisotopic (exact) mass is 279 g/mol. The molecule has 1 aliphatic heterocycles. The van der Waals surface area contributed by atoms with Crippen LogP contribution in [0.5, 0.6) is 0 Å². The van der Waals surface area contributed by atoms with Crippen molar-refractivity contribution in [1.82, 2.24) is 4.90 Å². The van der Waals surface area contributed by atoms with Gasteiger partial charge < -0.3 is 4.90 Å². The summed E-state index contributed by atoms with van der Waals surface area (Å²) in [4.78, 5) is 14.4. The highest BCUT2D eigenvalue weighted by molar-refractivity contribution is 6.17. The Morgan fingerprint density at radius 3 is 2.84 bits per heavy atom. The van der Waals surface area contributed by atoms with Crippen LogP contribution in [0.2, 0.25) is 0 Å². The summed E-state index contributed by atoms with van der Waals surface area (Å²) in [7, 11) is 0. The molecule has 1 heterocycles. The van der Waals surface area contributed by atoms with E-state index in [1.54, 1.807) is 0 Å². The first-order valence-corrected chi connectivity index (χ1v) is 7.74. The number of aryl methyl sites for hydroxylation is 1. The summed E-state index contributed by atoms with van der Waals surface area (Å²) >= 11 is 5.75. The van der Waals surface area contributed by atoms with Crippen molar-refractivity contribution in [3.63, 3.8) is 0 Å². The zero-order valence-electron chi connectivity index (χ0n) is 11.4. The molecule has 1 aliphatic rings. The largest absolute Gasteiger partial charge is 0.340 e. The molecule has 19 heavy (non-hydrogen) atoms. The molecule has 0 N–H and O–H groups in total. The van der Waals surface area contributed by atoms with Crippen LogP contribution in [0.4, 0.5) is 0 Å². The number of likely N-dealkylation sites (tertiary alicyclic amines) is 1. The van der Waals surface area contributed by atoms with Gasteiger partial charge in [0.05, 0.1) is 0 Å². The lowest BCUT2D eigenvalue weighted by molar-refractivity contribution is -0.132. The SMILES string of the molecule is O=C(CCc1ccccc1)N1CCCC1CCCCl. The highest BCUT2D eigenvalue weighted by Crippen LogP contribution is 2.22. The minimum Gasteiger partial charge on any atom is -0.340 e. The van der Waals surface area contributed by atoms with Gasteiger partial charge in [-0.1, -0.05) is 30.3 Å². The maximum Gasteiger partial charge on any atom is 0.223 e. The number of carbonyl (C=O) groups excluding carboxylic acids is 1. The fourth-order valence-electron chi connectivity index (χ4n) is 2.82. The van der Waals surface area contributed by atoms with Crippen molar-refractivity contribution in [1.29, 1.82) is 0 Å². The molecule has 0 aliphatic carbocycles. The molecule has 0 spiro atoms. The van der Waals surface area contributed by atoms with E-state index in [1.807, 2.05) is 18.2 Å². The van der Waals surface area contributed by atoms with Gasteiger partial charge in [-0.2, -0.15) is 0 Å². The molecule has 2 rings (SSSR count). The van der Waals surface area contributed by atoms with Crippen LogP contribution in [0.3, 0.4) is 0 Å². The molecule has 1 unspecified atom stereocenters. The zero-order valence-corrected chi connectivity index (χ0v) is 12.1. The quantitative estimate of drug-likeness (QED) is 0.728. The Labute approximate surface area is 120 Å². The number of benzene rings is 1. The molecule has 0 radical (unpaired) electrons. The summed E-state index contributed by atoms with van der Waals surface area (Å²) < 4.78 is 0. The van der Waals surface area contributed by atoms with Gasteiger partial charge in [0.2, 0.25) is 5.91 Å². The van der Waals surface area contributed by atoms with E-state index >= 15 is 0 Å². The Kier molecular flexibility index (Phi) is 5.71. The molecular weight excluding hydrogens is 258 g/mol. The maximum absolute atomic E-state index is 12.3. The lowest BCUT2D eigenvalue weighted by Crippen LogP contribution is -2.35. The fourth-order valence-corrected chi connectivity index (χ4v) is 2.97. The summed E-state index contributed by atoms with van der Waals surface area (Å²) in [5, 5.41) is 0. The van der Waals surface area contributed by atoms with E-state index in [9.17, 15) is 4.79 Å². The summed E-state index contributed by atoms with van der Waals surface area (Å²) in [6.07, 6.45) is 5.83. The summed E-state index contributed by atoms with van der Waals surface area (Å²) in [6.45, 7) is 0.931. The van der Waals surface area contributed by atoms with Gasteiger partial charge in [0, 0.05) is 24.9 Å². The smallest absolute Gasteiger partial charge is 0.223 e. The van der Waals surface area contributed by atoms with Crippen LogP contribution < -0.4 is 0 Å². The molecule has 1 fully saturated rings. The van der Waals surface area contributed by atoms with E-state index in [1.165, 1.54) is 5.56 Å². The van der Waals surface area contributed by atoms with E-state index in [0.717, 1.165) is 38.6 Å². The van der Waals surface area contributed by atoms with Crippen molar-refractivity contribution in [2.75, 3.05) is 12.4 Å². The van der Waals surface area contributed by atoms with E-state index < -0.39 is 0 Å². The summed E-state index contributed by atoms with van der Waals surface area (Å²) in [5.41, 5.74) is 1.24. The average molecular weight is 280 g/mol. The third kappa shape index (κ3) is 4.24. The van der Waals surface area contributed by atoms with Crippen molar-refractivity contribution in [3.8, 4) is 0 Å². The normalized spacial score (nSPS) is 18.8. The van der Waals surface area contributed by atoms with Gasteiger partial charge in [-0.05, 0) is 37.7 Å². The van der Waals surface area contributed by atoms with Crippen molar-refractivity contribution >= 4 is 17.5 Å². The number of hydrogen-bond acceptors (Lipinski definition) is 1. The van der Waals surface area contributed by atoms with Crippen molar-refractivity contribution in [3.05, 3.63) is 35.9 Å². The number of halogens is 1. The van der Waals surface area contributed by atoms with Crippen molar-refractivity contribution in [2.45, 2.75) is 44.6 Å². The fraction of sp³-hybridized carbons (Fsp3) is 0.562. The van der Waals surface area contributed by atoms with Crippen LogP contribution in [-0.2, 0) is 11.2 Å². The van der Waals surface area contributed by atoms with Crippen LogP contribution in [0.1, 0.15) is 37.7 Å².